The molecular weight excluding hydrogens is 229 g/mol. The molecule has 0 saturated heterocycles. The van der Waals surface area contributed by atoms with Gasteiger partial charge in [0.1, 0.15) is 5.82 Å². The molecule has 0 amide bonds. The normalized spacial score (nSPS) is 12.8. The summed E-state index contributed by atoms with van der Waals surface area (Å²) in [6, 6.07) is 5.11. The second kappa shape index (κ2) is 6.84. The van der Waals surface area contributed by atoms with Crippen LogP contribution in [0.4, 0.5) is 4.39 Å². The molecule has 0 aliphatic rings. The third kappa shape index (κ3) is 4.47. The number of nitrogens with one attached hydrogen (secondary N) is 1. The number of hydrogen-bond donors (Lipinski definition) is 2. The summed E-state index contributed by atoms with van der Waals surface area (Å²) in [7, 11) is 0. The standard InChI is InChI=1S/C12H17ClFNO/c1-9(3-2-6-16)15-8-10-4-5-11(13)12(14)7-10/h4-5,7,9,15-16H,2-3,6,8H2,1H3. The van der Waals surface area contributed by atoms with Crippen LogP contribution in [0.5, 0.6) is 0 Å². The van der Waals surface area contributed by atoms with Crippen LogP contribution in [0, 0.1) is 5.82 Å². The first-order valence-corrected chi connectivity index (χ1v) is 5.79. The zero-order valence-corrected chi connectivity index (χ0v) is 10.1. The smallest absolute Gasteiger partial charge is 0.142 e. The van der Waals surface area contributed by atoms with Gasteiger partial charge in [-0.25, -0.2) is 4.39 Å². The Hall–Kier alpha value is -0.640. The monoisotopic (exact) mass is 245 g/mol. The average molecular weight is 246 g/mol. The molecule has 1 atom stereocenters. The van der Waals surface area contributed by atoms with E-state index in [0.717, 1.165) is 18.4 Å². The van der Waals surface area contributed by atoms with Crippen LogP contribution < -0.4 is 5.32 Å². The Labute approximate surface area is 100 Å². The maximum atomic E-state index is 13.1. The Morgan fingerprint density at radius 3 is 2.88 bits per heavy atom. The van der Waals surface area contributed by atoms with E-state index in [2.05, 4.69) is 5.32 Å². The first-order chi connectivity index (χ1) is 7.63. The summed E-state index contributed by atoms with van der Waals surface area (Å²) in [5.41, 5.74) is 0.873. The maximum absolute atomic E-state index is 13.1. The summed E-state index contributed by atoms with van der Waals surface area (Å²) < 4.78 is 13.1. The van der Waals surface area contributed by atoms with Gasteiger partial charge in [0, 0.05) is 19.2 Å². The fraction of sp³-hybridized carbons (Fsp3) is 0.500. The lowest BCUT2D eigenvalue weighted by Crippen LogP contribution is -2.25. The lowest BCUT2D eigenvalue weighted by molar-refractivity contribution is 0.276. The van der Waals surface area contributed by atoms with Crippen molar-refractivity contribution in [2.75, 3.05) is 6.61 Å². The molecule has 16 heavy (non-hydrogen) atoms. The molecule has 1 aromatic carbocycles. The predicted molar refractivity (Wildman–Crippen MR) is 64.0 cm³/mol. The van der Waals surface area contributed by atoms with Crippen LogP contribution in [0.15, 0.2) is 18.2 Å². The van der Waals surface area contributed by atoms with Crippen LogP contribution in [0.1, 0.15) is 25.3 Å². The van der Waals surface area contributed by atoms with Gasteiger partial charge >= 0.3 is 0 Å². The van der Waals surface area contributed by atoms with E-state index in [0.29, 0.717) is 12.6 Å². The maximum Gasteiger partial charge on any atom is 0.142 e. The average Bonchev–Trinajstić information content (AvgIpc) is 2.28. The van der Waals surface area contributed by atoms with Crippen molar-refractivity contribution < 1.29 is 9.50 Å². The zero-order chi connectivity index (χ0) is 12.0. The molecule has 4 heteroatoms. The molecule has 90 valence electrons. The highest BCUT2D eigenvalue weighted by molar-refractivity contribution is 6.30. The van der Waals surface area contributed by atoms with Gasteiger partial charge in [-0.1, -0.05) is 17.7 Å². The Balaban J connectivity index is 2.39. The molecule has 0 aliphatic carbocycles. The van der Waals surface area contributed by atoms with E-state index in [4.69, 9.17) is 16.7 Å². The lowest BCUT2D eigenvalue weighted by atomic mass is 10.1. The van der Waals surface area contributed by atoms with Gasteiger partial charge in [-0.2, -0.15) is 0 Å². The minimum absolute atomic E-state index is 0.150. The van der Waals surface area contributed by atoms with Gasteiger partial charge in [-0.05, 0) is 37.5 Å². The highest BCUT2D eigenvalue weighted by Crippen LogP contribution is 2.15. The van der Waals surface area contributed by atoms with Gasteiger partial charge in [-0.15, -0.1) is 0 Å². The number of halogens is 2. The van der Waals surface area contributed by atoms with Crippen LogP contribution in [-0.4, -0.2) is 17.8 Å². The fourth-order valence-corrected chi connectivity index (χ4v) is 1.56. The molecule has 0 saturated carbocycles. The third-order valence-corrected chi connectivity index (χ3v) is 2.74. The number of rotatable bonds is 6. The molecule has 1 aromatic rings. The number of hydrogen-bond acceptors (Lipinski definition) is 2. The minimum atomic E-state index is -0.385. The second-order valence-electron chi connectivity index (χ2n) is 3.90. The molecule has 0 heterocycles. The van der Waals surface area contributed by atoms with Gasteiger partial charge in [0.2, 0.25) is 0 Å². The van der Waals surface area contributed by atoms with E-state index in [9.17, 15) is 4.39 Å². The predicted octanol–water partition coefficient (Wildman–Crippen LogP) is 2.73. The van der Waals surface area contributed by atoms with Crippen molar-refractivity contribution in [2.45, 2.75) is 32.4 Å². The molecule has 0 aliphatic heterocycles. The summed E-state index contributed by atoms with van der Waals surface area (Å²) in [6.07, 6.45) is 1.69. The van der Waals surface area contributed by atoms with Crippen molar-refractivity contribution in [3.05, 3.63) is 34.6 Å². The van der Waals surface area contributed by atoms with Crippen LogP contribution in [0.3, 0.4) is 0 Å². The zero-order valence-electron chi connectivity index (χ0n) is 9.34. The van der Waals surface area contributed by atoms with Crippen LogP contribution >= 0.6 is 11.6 Å². The summed E-state index contributed by atoms with van der Waals surface area (Å²) in [5.74, 6) is -0.385. The fourth-order valence-electron chi connectivity index (χ4n) is 1.44. The molecule has 0 spiro atoms. The Kier molecular flexibility index (Phi) is 5.74. The number of aliphatic hydroxyl groups is 1. The van der Waals surface area contributed by atoms with E-state index in [1.807, 2.05) is 6.92 Å². The molecule has 0 bridgehead atoms. The molecular formula is C12H17ClFNO. The van der Waals surface area contributed by atoms with Crippen molar-refractivity contribution in [1.29, 1.82) is 0 Å². The van der Waals surface area contributed by atoms with Crippen molar-refractivity contribution >= 4 is 11.6 Å². The van der Waals surface area contributed by atoms with Crippen molar-refractivity contribution in [3.8, 4) is 0 Å². The van der Waals surface area contributed by atoms with E-state index in [1.165, 1.54) is 6.07 Å². The Morgan fingerprint density at radius 2 is 2.25 bits per heavy atom. The minimum Gasteiger partial charge on any atom is -0.396 e. The summed E-state index contributed by atoms with van der Waals surface area (Å²) in [6.45, 7) is 2.87. The van der Waals surface area contributed by atoms with Gasteiger partial charge in [0.05, 0.1) is 5.02 Å². The lowest BCUT2D eigenvalue weighted by Gasteiger charge is -2.13. The van der Waals surface area contributed by atoms with Gasteiger partial charge in [0.15, 0.2) is 0 Å². The topological polar surface area (TPSA) is 32.3 Å². The van der Waals surface area contributed by atoms with Crippen LogP contribution in [-0.2, 0) is 6.54 Å². The van der Waals surface area contributed by atoms with Crippen molar-refractivity contribution in [2.24, 2.45) is 0 Å². The van der Waals surface area contributed by atoms with E-state index < -0.39 is 0 Å². The van der Waals surface area contributed by atoms with Gasteiger partial charge in [0.25, 0.3) is 0 Å². The number of benzene rings is 1. The summed E-state index contributed by atoms with van der Waals surface area (Å²) in [5, 5.41) is 12.1. The molecule has 0 aromatic heterocycles. The molecule has 2 N–H and O–H groups in total. The van der Waals surface area contributed by atoms with Crippen LogP contribution in [0.2, 0.25) is 5.02 Å². The molecule has 1 unspecified atom stereocenters. The highest BCUT2D eigenvalue weighted by Gasteiger charge is 2.03. The first-order valence-electron chi connectivity index (χ1n) is 5.41. The van der Waals surface area contributed by atoms with Crippen molar-refractivity contribution in [3.63, 3.8) is 0 Å². The molecule has 2 nitrogen and oxygen atoms in total. The number of aliphatic hydroxyl groups excluding tert-OH is 1. The van der Waals surface area contributed by atoms with Gasteiger partial charge in [-0.3, -0.25) is 0 Å². The quantitative estimate of drug-likeness (QED) is 0.808. The highest BCUT2D eigenvalue weighted by atomic mass is 35.5. The molecule has 1 rings (SSSR count). The Morgan fingerprint density at radius 1 is 1.50 bits per heavy atom. The van der Waals surface area contributed by atoms with E-state index in [1.54, 1.807) is 12.1 Å². The summed E-state index contributed by atoms with van der Waals surface area (Å²) in [4.78, 5) is 0. The molecule has 0 fully saturated rings. The van der Waals surface area contributed by atoms with E-state index in [-0.39, 0.29) is 17.4 Å². The first kappa shape index (κ1) is 13.4. The largest absolute Gasteiger partial charge is 0.396 e. The second-order valence-corrected chi connectivity index (χ2v) is 4.30. The SMILES string of the molecule is CC(CCCO)NCc1ccc(Cl)c(F)c1. The van der Waals surface area contributed by atoms with Crippen molar-refractivity contribution in [1.82, 2.24) is 5.32 Å². The van der Waals surface area contributed by atoms with E-state index >= 15 is 0 Å². The molecule has 0 radical (unpaired) electrons. The third-order valence-electron chi connectivity index (χ3n) is 2.43. The summed E-state index contributed by atoms with van der Waals surface area (Å²) >= 11 is 5.59. The Bertz CT molecular complexity index is 333. The van der Waals surface area contributed by atoms with Crippen LogP contribution in [0.25, 0.3) is 0 Å². The van der Waals surface area contributed by atoms with Gasteiger partial charge < -0.3 is 10.4 Å².